The van der Waals surface area contributed by atoms with Crippen molar-refractivity contribution in [2.45, 2.75) is 26.3 Å². The van der Waals surface area contributed by atoms with E-state index in [1.165, 1.54) is 11.1 Å². The number of pyridine rings is 1. The van der Waals surface area contributed by atoms with Crippen molar-refractivity contribution in [3.8, 4) is 0 Å². The molecular formula is C23H23N3O. The minimum Gasteiger partial charge on any atom is -0.348 e. The summed E-state index contributed by atoms with van der Waals surface area (Å²) in [7, 11) is 0. The second-order valence-corrected chi connectivity index (χ2v) is 6.93. The number of amides is 1. The number of anilines is 2. The number of nitrogens with zero attached hydrogens (tertiary/aromatic N) is 2. The van der Waals surface area contributed by atoms with Gasteiger partial charge in [0.2, 0.25) is 0 Å². The van der Waals surface area contributed by atoms with Crippen molar-refractivity contribution >= 4 is 17.4 Å². The summed E-state index contributed by atoms with van der Waals surface area (Å²) in [5, 5.41) is 3.03. The lowest BCUT2D eigenvalue weighted by Crippen LogP contribution is -2.30. The smallest absolute Gasteiger partial charge is 0.255 e. The van der Waals surface area contributed by atoms with Gasteiger partial charge in [-0.05, 0) is 49.1 Å². The van der Waals surface area contributed by atoms with E-state index in [0.717, 1.165) is 36.5 Å². The Hall–Kier alpha value is -3.14. The first kappa shape index (κ1) is 17.3. The Kier molecular flexibility index (Phi) is 4.88. The number of aromatic nitrogens is 1. The van der Waals surface area contributed by atoms with Crippen LogP contribution < -0.4 is 10.2 Å². The summed E-state index contributed by atoms with van der Waals surface area (Å²) in [5.41, 5.74) is 5.36. The van der Waals surface area contributed by atoms with E-state index >= 15 is 0 Å². The van der Waals surface area contributed by atoms with Crippen molar-refractivity contribution in [2.75, 3.05) is 11.4 Å². The van der Waals surface area contributed by atoms with Crippen LogP contribution in [0.25, 0.3) is 0 Å². The fourth-order valence-electron chi connectivity index (χ4n) is 3.53. The van der Waals surface area contributed by atoms with Crippen LogP contribution in [-0.2, 0) is 13.0 Å². The number of fused-ring (bicyclic) bond motifs is 1. The number of aryl methyl sites for hydroxylation is 2. The van der Waals surface area contributed by atoms with Crippen LogP contribution in [0.2, 0.25) is 0 Å². The third kappa shape index (κ3) is 3.70. The van der Waals surface area contributed by atoms with Crippen molar-refractivity contribution < 1.29 is 4.79 Å². The van der Waals surface area contributed by atoms with Gasteiger partial charge in [-0.15, -0.1) is 0 Å². The number of para-hydroxylation sites is 1. The van der Waals surface area contributed by atoms with Gasteiger partial charge in [0.15, 0.2) is 0 Å². The van der Waals surface area contributed by atoms with E-state index in [-0.39, 0.29) is 5.91 Å². The number of nitrogens with one attached hydrogen (secondary N) is 1. The van der Waals surface area contributed by atoms with Gasteiger partial charge in [0.25, 0.3) is 5.91 Å². The molecule has 0 unspecified atom stereocenters. The molecule has 1 N–H and O–H groups in total. The van der Waals surface area contributed by atoms with E-state index in [1.54, 1.807) is 6.20 Å². The number of rotatable bonds is 4. The van der Waals surface area contributed by atoms with Crippen molar-refractivity contribution in [1.82, 2.24) is 10.3 Å². The van der Waals surface area contributed by atoms with Crippen molar-refractivity contribution in [2.24, 2.45) is 0 Å². The summed E-state index contributed by atoms with van der Waals surface area (Å²) in [6.45, 7) is 3.43. The summed E-state index contributed by atoms with van der Waals surface area (Å²) >= 11 is 0. The fraction of sp³-hybridized carbons (Fsp3) is 0.217. The van der Waals surface area contributed by atoms with Crippen LogP contribution in [0.1, 0.15) is 33.5 Å². The molecule has 136 valence electrons. The SMILES string of the molecule is Cc1ccc(CNC(=O)c2cccnc2N2CCCc3ccccc32)cc1. The molecular weight excluding hydrogens is 334 g/mol. The van der Waals surface area contributed by atoms with Gasteiger partial charge in [0, 0.05) is 25.0 Å². The number of carbonyl (C=O) groups is 1. The van der Waals surface area contributed by atoms with Crippen molar-refractivity contribution in [3.63, 3.8) is 0 Å². The number of benzene rings is 2. The fourth-order valence-corrected chi connectivity index (χ4v) is 3.53. The van der Waals surface area contributed by atoms with Gasteiger partial charge in [0.05, 0.1) is 5.56 Å². The van der Waals surface area contributed by atoms with Crippen LogP contribution in [0.15, 0.2) is 66.9 Å². The first-order valence-electron chi connectivity index (χ1n) is 9.36. The molecule has 0 radical (unpaired) electrons. The Labute approximate surface area is 159 Å². The second-order valence-electron chi connectivity index (χ2n) is 6.93. The maximum atomic E-state index is 12.9. The number of carbonyl (C=O) groups excluding carboxylic acids is 1. The zero-order valence-corrected chi connectivity index (χ0v) is 15.5. The lowest BCUT2D eigenvalue weighted by molar-refractivity contribution is 0.0951. The molecule has 0 atom stereocenters. The largest absolute Gasteiger partial charge is 0.348 e. The highest BCUT2D eigenvalue weighted by Gasteiger charge is 2.23. The molecule has 1 aromatic heterocycles. The standard InChI is InChI=1S/C23H23N3O/c1-17-10-12-18(13-11-17)16-25-23(27)20-8-4-14-24-22(20)26-15-5-7-19-6-2-3-9-21(19)26/h2-4,6,8-14H,5,7,15-16H2,1H3,(H,25,27). The minimum absolute atomic E-state index is 0.0956. The third-order valence-electron chi connectivity index (χ3n) is 4.97. The van der Waals surface area contributed by atoms with Crippen LogP contribution in [0, 0.1) is 6.92 Å². The second kappa shape index (κ2) is 7.62. The summed E-state index contributed by atoms with van der Waals surface area (Å²) in [5.74, 6) is 0.632. The number of hydrogen-bond acceptors (Lipinski definition) is 3. The van der Waals surface area contributed by atoms with Gasteiger partial charge in [-0.1, -0.05) is 48.0 Å². The highest BCUT2D eigenvalue weighted by molar-refractivity contribution is 5.99. The van der Waals surface area contributed by atoms with Crippen molar-refractivity contribution in [1.29, 1.82) is 0 Å². The Morgan fingerprint density at radius 2 is 1.89 bits per heavy atom. The Bertz CT molecular complexity index is 950. The first-order chi connectivity index (χ1) is 13.2. The number of hydrogen-bond donors (Lipinski definition) is 1. The van der Waals surface area contributed by atoms with Crippen LogP contribution in [0.5, 0.6) is 0 Å². The highest BCUT2D eigenvalue weighted by atomic mass is 16.1. The van der Waals surface area contributed by atoms with Gasteiger partial charge in [0.1, 0.15) is 5.82 Å². The highest BCUT2D eigenvalue weighted by Crippen LogP contribution is 2.33. The Morgan fingerprint density at radius 3 is 2.74 bits per heavy atom. The first-order valence-corrected chi connectivity index (χ1v) is 9.36. The molecule has 0 saturated carbocycles. The third-order valence-corrected chi connectivity index (χ3v) is 4.97. The lowest BCUT2D eigenvalue weighted by Gasteiger charge is -2.31. The normalized spacial score (nSPS) is 13.1. The summed E-state index contributed by atoms with van der Waals surface area (Å²) in [4.78, 5) is 19.6. The summed E-state index contributed by atoms with van der Waals surface area (Å²) < 4.78 is 0. The quantitative estimate of drug-likeness (QED) is 0.752. The Balaban J connectivity index is 1.58. The summed E-state index contributed by atoms with van der Waals surface area (Å²) in [6, 6.07) is 20.2. The predicted molar refractivity (Wildman–Crippen MR) is 108 cm³/mol. The van der Waals surface area contributed by atoms with Gasteiger partial charge in [-0.2, -0.15) is 0 Å². The molecule has 1 aliphatic rings. The molecule has 4 rings (SSSR count). The molecule has 4 nitrogen and oxygen atoms in total. The van der Waals surface area contributed by atoms with Crippen LogP contribution in [0.3, 0.4) is 0 Å². The van der Waals surface area contributed by atoms with E-state index < -0.39 is 0 Å². The molecule has 3 aromatic rings. The molecule has 2 heterocycles. The molecule has 0 bridgehead atoms. The molecule has 0 saturated heterocycles. The maximum Gasteiger partial charge on any atom is 0.255 e. The van der Waals surface area contributed by atoms with Gasteiger partial charge in [-0.3, -0.25) is 4.79 Å². The predicted octanol–water partition coefficient (Wildman–Crippen LogP) is 4.40. The van der Waals surface area contributed by atoms with Crippen molar-refractivity contribution in [3.05, 3.63) is 89.1 Å². The topological polar surface area (TPSA) is 45.2 Å². The molecule has 4 heteroatoms. The molecule has 0 aliphatic carbocycles. The molecule has 1 amide bonds. The van der Waals surface area contributed by atoms with E-state index in [1.807, 2.05) is 30.3 Å². The monoisotopic (exact) mass is 357 g/mol. The zero-order chi connectivity index (χ0) is 18.6. The van der Waals surface area contributed by atoms with Crippen LogP contribution in [-0.4, -0.2) is 17.4 Å². The summed E-state index contributed by atoms with van der Waals surface area (Å²) in [6.07, 6.45) is 3.87. The maximum absolute atomic E-state index is 12.9. The Morgan fingerprint density at radius 1 is 1.07 bits per heavy atom. The minimum atomic E-state index is -0.0956. The van der Waals surface area contributed by atoms with E-state index in [0.29, 0.717) is 12.1 Å². The molecule has 2 aromatic carbocycles. The average Bonchev–Trinajstić information content (AvgIpc) is 2.73. The van der Waals surface area contributed by atoms with Gasteiger partial charge < -0.3 is 10.2 Å². The van der Waals surface area contributed by atoms with Gasteiger partial charge in [-0.25, -0.2) is 4.98 Å². The average molecular weight is 357 g/mol. The van der Waals surface area contributed by atoms with Crippen LogP contribution >= 0.6 is 0 Å². The molecule has 27 heavy (non-hydrogen) atoms. The van der Waals surface area contributed by atoms with Gasteiger partial charge >= 0.3 is 0 Å². The zero-order valence-electron chi connectivity index (χ0n) is 15.5. The van der Waals surface area contributed by atoms with E-state index in [4.69, 9.17) is 0 Å². The van der Waals surface area contributed by atoms with Crippen LogP contribution in [0.4, 0.5) is 11.5 Å². The van der Waals surface area contributed by atoms with E-state index in [2.05, 4.69) is 52.5 Å². The molecule has 0 spiro atoms. The van der Waals surface area contributed by atoms with E-state index in [9.17, 15) is 4.79 Å². The lowest BCUT2D eigenvalue weighted by atomic mass is 10.0. The molecule has 0 fully saturated rings. The molecule has 1 aliphatic heterocycles.